The predicted molar refractivity (Wildman–Crippen MR) is 120 cm³/mol. The minimum atomic E-state index is -0.647. The molecule has 0 saturated heterocycles. The largest absolute Gasteiger partial charge is 0.315 e. The van der Waals surface area contributed by atoms with Gasteiger partial charge in [0.2, 0.25) is 0 Å². The van der Waals surface area contributed by atoms with Crippen LogP contribution in [0.1, 0.15) is 16.7 Å². The summed E-state index contributed by atoms with van der Waals surface area (Å²) >= 11 is 0. The Labute approximate surface area is 175 Å². The van der Waals surface area contributed by atoms with Gasteiger partial charge in [-0.1, -0.05) is 97.1 Å². The van der Waals surface area contributed by atoms with Crippen molar-refractivity contribution in [3.05, 3.63) is 126 Å². The van der Waals surface area contributed by atoms with Gasteiger partial charge in [-0.3, -0.25) is 4.79 Å². The number of amides is 1. The van der Waals surface area contributed by atoms with Gasteiger partial charge in [0, 0.05) is 6.21 Å². The lowest BCUT2D eigenvalue weighted by Crippen LogP contribution is -2.44. The van der Waals surface area contributed by atoms with Gasteiger partial charge in [-0.2, -0.15) is 5.10 Å². The van der Waals surface area contributed by atoms with Gasteiger partial charge < -0.3 is 5.43 Å². The summed E-state index contributed by atoms with van der Waals surface area (Å²) < 4.78 is 0. The molecule has 5 nitrogen and oxygen atoms in total. The van der Waals surface area contributed by atoms with E-state index >= 15 is 0 Å². The molecule has 3 aromatic carbocycles. The van der Waals surface area contributed by atoms with Crippen LogP contribution in [0.2, 0.25) is 0 Å². The van der Waals surface area contributed by atoms with Gasteiger partial charge >= 0.3 is 0 Å². The number of nitrogens with zero attached hydrogens (tertiary/aromatic N) is 1. The fourth-order valence-corrected chi connectivity index (χ4v) is 3.37. The highest BCUT2D eigenvalue weighted by Gasteiger charge is 2.38. The molecule has 0 aliphatic carbocycles. The number of allylic oxidation sites excluding steroid dienone is 1. The lowest BCUT2D eigenvalue weighted by Gasteiger charge is -2.28. The Morgan fingerprint density at radius 2 is 1.40 bits per heavy atom. The Morgan fingerprint density at radius 3 is 2.00 bits per heavy atom. The van der Waals surface area contributed by atoms with E-state index in [0.717, 1.165) is 16.7 Å². The maximum atomic E-state index is 12.6. The fourth-order valence-electron chi connectivity index (χ4n) is 3.37. The average molecular weight is 394 g/mol. The molecule has 0 spiro atoms. The quantitative estimate of drug-likeness (QED) is 0.441. The molecule has 0 saturated carbocycles. The Balaban J connectivity index is 1.51. The molecule has 5 heteroatoms. The first-order valence-electron chi connectivity index (χ1n) is 9.70. The molecule has 3 N–H and O–H groups in total. The fraction of sp³-hybridized carbons (Fsp3) is 0.0400. The van der Waals surface area contributed by atoms with Gasteiger partial charge in [-0.15, -0.1) is 0 Å². The second-order valence-corrected chi connectivity index (χ2v) is 6.84. The lowest BCUT2D eigenvalue weighted by molar-refractivity contribution is -0.117. The molecule has 30 heavy (non-hydrogen) atoms. The lowest BCUT2D eigenvalue weighted by atomic mass is 9.83. The van der Waals surface area contributed by atoms with Crippen LogP contribution in [0.3, 0.4) is 0 Å². The Kier molecular flexibility index (Phi) is 5.83. The van der Waals surface area contributed by atoms with E-state index in [0.29, 0.717) is 5.70 Å². The maximum absolute atomic E-state index is 12.6. The molecular formula is C25H22N4O. The van der Waals surface area contributed by atoms with Crippen LogP contribution in [0.4, 0.5) is 0 Å². The number of benzene rings is 3. The number of carbonyl (C=O) groups excluding carboxylic acids is 1. The van der Waals surface area contributed by atoms with E-state index in [1.54, 1.807) is 12.3 Å². The first-order chi connectivity index (χ1) is 14.8. The van der Waals surface area contributed by atoms with Gasteiger partial charge in [0.25, 0.3) is 5.91 Å². The van der Waals surface area contributed by atoms with E-state index in [4.69, 9.17) is 0 Å². The SMILES string of the molecule is O=C(N/N=C\C=C\c1ccccc1)C1=CC(c2ccccc2)(c2ccccc2)NN1. The van der Waals surface area contributed by atoms with E-state index in [-0.39, 0.29) is 5.91 Å². The number of hydrogen-bond donors (Lipinski definition) is 3. The van der Waals surface area contributed by atoms with Crippen molar-refractivity contribution in [3.63, 3.8) is 0 Å². The normalized spacial score (nSPS) is 15.1. The molecule has 0 aromatic heterocycles. The first kappa shape index (κ1) is 19.4. The number of carbonyl (C=O) groups is 1. The molecular weight excluding hydrogens is 372 g/mol. The highest BCUT2D eigenvalue weighted by atomic mass is 16.2. The van der Waals surface area contributed by atoms with Crippen LogP contribution in [0.15, 0.2) is 114 Å². The van der Waals surface area contributed by atoms with Crippen LogP contribution >= 0.6 is 0 Å². The summed E-state index contributed by atoms with van der Waals surface area (Å²) in [6, 6.07) is 29.9. The van der Waals surface area contributed by atoms with Gasteiger partial charge in [0.1, 0.15) is 11.2 Å². The molecule has 148 valence electrons. The van der Waals surface area contributed by atoms with Crippen molar-refractivity contribution in [1.82, 2.24) is 16.3 Å². The summed E-state index contributed by atoms with van der Waals surface area (Å²) in [6.07, 6.45) is 7.14. The number of hydrogen-bond acceptors (Lipinski definition) is 4. The molecule has 1 aliphatic heterocycles. The summed E-state index contributed by atoms with van der Waals surface area (Å²) in [7, 11) is 0. The number of hydrazone groups is 1. The third-order valence-corrected chi connectivity index (χ3v) is 4.87. The van der Waals surface area contributed by atoms with E-state index < -0.39 is 5.54 Å². The highest BCUT2D eigenvalue weighted by Crippen LogP contribution is 2.34. The zero-order valence-electron chi connectivity index (χ0n) is 16.3. The van der Waals surface area contributed by atoms with Crippen LogP contribution < -0.4 is 16.3 Å². The smallest absolute Gasteiger partial charge is 0.288 e. The first-order valence-corrected chi connectivity index (χ1v) is 9.70. The maximum Gasteiger partial charge on any atom is 0.288 e. The Bertz CT molecular complexity index is 1030. The van der Waals surface area contributed by atoms with Crippen molar-refractivity contribution in [2.75, 3.05) is 0 Å². The minimum absolute atomic E-state index is 0.319. The Morgan fingerprint density at radius 1 is 0.833 bits per heavy atom. The summed E-state index contributed by atoms with van der Waals surface area (Å²) in [6.45, 7) is 0. The summed E-state index contributed by atoms with van der Waals surface area (Å²) in [5, 5.41) is 4.00. The second-order valence-electron chi connectivity index (χ2n) is 6.84. The van der Waals surface area contributed by atoms with Gasteiger partial charge in [-0.25, -0.2) is 10.9 Å². The van der Waals surface area contributed by atoms with Crippen LogP contribution in [-0.4, -0.2) is 12.1 Å². The zero-order valence-corrected chi connectivity index (χ0v) is 16.3. The van der Waals surface area contributed by atoms with Crippen LogP contribution in [0, 0.1) is 0 Å². The van der Waals surface area contributed by atoms with E-state index in [1.165, 1.54) is 0 Å². The monoisotopic (exact) mass is 394 g/mol. The van der Waals surface area contributed by atoms with Gasteiger partial charge in [-0.05, 0) is 28.8 Å². The summed E-state index contributed by atoms with van der Waals surface area (Å²) in [5.74, 6) is -0.319. The Hall–Kier alpha value is -3.96. The topological polar surface area (TPSA) is 65.5 Å². The summed E-state index contributed by atoms with van der Waals surface area (Å²) in [5.41, 5.74) is 11.8. The molecule has 0 bridgehead atoms. The third kappa shape index (κ3) is 4.21. The van der Waals surface area contributed by atoms with Crippen molar-refractivity contribution in [2.45, 2.75) is 5.54 Å². The van der Waals surface area contributed by atoms with Gasteiger partial charge in [0.15, 0.2) is 0 Å². The van der Waals surface area contributed by atoms with E-state index in [9.17, 15) is 4.79 Å². The molecule has 0 fully saturated rings. The molecule has 4 rings (SSSR count). The molecule has 1 heterocycles. The van der Waals surface area contributed by atoms with Gasteiger partial charge in [0.05, 0.1) is 0 Å². The molecule has 0 radical (unpaired) electrons. The number of hydrazine groups is 1. The standard InChI is InChI=1S/C25H22N4O/c30-24(28-26-18-10-13-20-11-4-1-5-12-20)23-19-25(29-27-23,21-14-6-2-7-15-21)22-16-8-3-9-17-22/h1-19,27,29H,(H,28,30)/b13-10+,26-18-. The number of rotatable bonds is 6. The van der Waals surface area contributed by atoms with E-state index in [2.05, 4.69) is 21.4 Å². The van der Waals surface area contributed by atoms with E-state index in [1.807, 2.05) is 103 Å². The van der Waals surface area contributed by atoms with Crippen molar-refractivity contribution in [2.24, 2.45) is 5.10 Å². The van der Waals surface area contributed by atoms with Crippen LogP contribution in [0.25, 0.3) is 6.08 Å². The minimum Gasteiger partial charge on any atom is -0.315 e. The van der Waals surface area contributed by atoms with Crippen LogP contribution in [0.5, 0.6) is 0 Å². The molecule has 0 atom stereocenters. The summed E-state index contributed by atoms with van der Waals surface area (Å²) in [4.78, 5) is 12.6. The average Bonchev–Trinajstić information content (AvgIpc) is 3.28. The van der Waals surface area contributed by atoms with Crippen molar-refractivity contribution < 1.29 is 4.79 Å². The van der Waals surface area contributed by atoms with Crippen molar-refractivity contribution in [1.29, 1.82) is 0 Å². The third-order valence-electron chi connectivity index (χ3n) is 4.87. The van der Waals surface area contributed by atoms with Crippen molar-refractivity contribution in [3.8, 4) is 0 Å². The predicted octanol–water partition coefficient (Wildman–Crippen LogP) is 3.74. The molecule has 3 aromatic rings. The zero-order chi connectivity index (χ0) is 20.7. The van der Waals surface area contributed by atoms with Crippen molar-refractivity contribution >= 4 is 18.2 Å². The van der Waals surface area contributed by atoms with Crippen LogP contribution in [-0.2, 0) is 10.3 Å². The molecule has 1 aliphatic rings. The molecule has 1 amide bonds. The number of nitrogens with one attached hydrogen (secondary N) is 3. The highest BCUT2D eigenvalue weighted by molar-refractivity contribution is 5.94. The molecule has 0 unspecified atom stereocenters. The second kappa shape index (κ2) is 9.03.